The van der Waals surface area contributed by atoms with Gasteiger partial charge in [0.05, 0.1) is 6.61 Å². The molecule has 0 saturated carbocycles. The quantitative estimate of drug-likeness (QED) is 0.188. The molecule has 0 amide bonds. The second kappa shape index (κ2) is 16.7. The Balaban J connectivity index is 3.63. The predicted octanol–water partition coefficient (Wildman–Crippen LogP) is 2.98. The molecule has 130 valence electrons. The van der Waals surface area contributed by atoms with Crippen molar-refractivity contribution in [3.63, 3.8) is 0 Å². The number of esters is 1. The summed E-state index contributed by atoms with van der Waals surface area (Å²) in [6.07, 6.45) is 6.53. The van der Waals surface area contributed by atoms with Gasteiger partial charge in [0.25, 0.3) is 0 Å². The summed E-state index contributed by atoms with van der Waals surface area (Å²) in [5.41, 5.74) is 0. The van der Waals surface area contributed by atoms with Gasteiger partial charge in [0.15, 0.2) is 0 Å². The van der Waals surface area contributed by atoms with E-state index in [-0.39, 0.29) is 6.61 Å². The van der Waals surface area contributed by atoms with Crippen LogP contribution in [-0.2, 0) is 23.1 Å². The third kappa shape index (κ3) is 14.3. The van der Waals surface area contributed by atoms with Crippen LogP contribution in [-0.4, -0.2) is 48.3 Å². The highest BCUT2D eigenvalue weighted by Gasteiger charge is 2.12. The summed E-state index contributed by atoms with van der Waals surface area (Å²) in [6, 6.07) is 0.958. The van der Waals surface area contributed by atoms with Gasteiger partial charge >= 0.3 is 15.3 Å². The summed E-state index contributed by atoms with van der Waals surface area (Å²) >= 11 is 0. The number of carbonyl (C=O) groups is 1. The van der Waals surface area contributed by atoms with Crippen LogP contribution < -0.4 is 0 Å². The number of rotatable bonds is 16. The minimum Gasteiger partial charge on any atom is -0.460 e. The molecule has 0 aromatic rings. The Hall–Kier alpha value is -0.693. The zero-order valence-corrected chi connectivity index (χ0v) is 15.3. The van der Waals surface area contributed by atoms with Gasteiger partial charge in [-0.3, -0.25) is 0 Å². The Bertz CT molecular complexity index is 263. The first-order valence-corrected chi connectivity index (χ1v) is 10.1. The van der Waals surface area contributed by atoms with Crippen molar-refractivity contribution in [2.45, 2.75) is 52.0 Å². The lowest BCUT2D eigenvalue weighted by Crippen LogP contribution is -2.24. The lowest BCUT2D eigenvalue weighted by Gasteiger charge is -2.16. The molecule has 0 aromatic carbocycles. The van der Waals surface area contributed by atoms with Crippen LogP contribution in [0.2, 0.25) is 6.04 Å². The maximum Gasteiger partial charge on any atom is 0.330 e. The predicted molar refractivity (Wildman–Crippen MR) is 90.3 cm³/mol. The normalized spacial score (nSPS) is 10.9. The van der Waals surface area contributed by atoms with E-state index in [1.165, 1.54) is 0 Å². The first-order chi connectivity index (χ1) is 10.7. The van der Waals surface area contributed by atoms with Crippen molar-refractivity contribution in [2.75, 3.05) is 33.0 Å². The van der Waals surface area contributed by atoms with Gasteiger partial charge in [-0.15, -0.1) is 0 Å². The number of hydrogen-bond donors (Lipinski definition) is 0. The molecule has 0 rings (SSSR count). The van der Waals surface area contributed by atoms with Crippen LogP contribution in [0.1, 0.15) is 46.0 Å². The molecule has 0 spiro atoms. The largest absolute Gasteiger partial charge is 0.460 e. The third-order valence-corrected chi connectivity index (χ3v) is 5.07. The molecule has 0 atom stereocenters. The van der Waals surface area contributed by atoms with Gasteiger partial charge in [0, 0.05) is 25.9 Å². The van der Waals surface area contributed by atoms with Gasteiger partial charge in [-0.1, -0.05) is 33.3 Å². The van der Waals surface area contributed by atoms with Gasteiger partial charge in [0.1, 0.15) is 6.61 Å². The van der Waals surface area contributed by atoms with E-state index >= 15 is 0 Å². The van der Waals surface area contributed by atoms with E-state index in [4.69, 9.17) is 18.3 Å². The topological polar surface area (TPSA) is 54.0 Å². The molecule has 0 radical (unpaired) electrons. The average molecular weight is 333 g/mol. The Morgan fingerprint density at radius 2 is 1.59 bits per heavy atom. The Morgan fingerprint density at radius 3 is 2.14 bits per heavy atom. The lowest BCUT2D eigenvalue weighted by molar-refractivity contribution is -0.139. The maximum absolute atomic E-state index is 10.8. The second-order valence-electron chi connectivity index (χ2n) is 5.00. The van der Waals surface area contributed by atoms with E-state index in [2.05, 4.69) is 20.4 Å². The van der Waals surface area contributed by atoms with Crippen LogP contribution in [0.5, 0.6) is 0 Å². The van der Waals surface area contributed by atoms with E-state index in [1.54, 1.807) is 0 Å². The monoisotopic (exact) mass is 332 g/mol. The molecule has 0 N–H and O–H groups in total. The van der Waals surface area contributed by atoms with Crippen molar-refractivity contribution in [2.24, 2.45) is 0 Å². The molecular weight excluding hydrogens is 300 g/mol. The van der Waals surface area contributed by atoms with Crippen molar-refractivity contribution in [3.05, 3.63) is 12.7 Å². The molecule has 5 nitrogen and oxygen atoms in total. The van der Waals surface area contributed by atoms with Gasteiger partial charge in [0.2, 0.25) is 0 Å². The molecule has 0 bridgehead atoms. The number of ether oxygens (including phenoxy) is 2. The molecule has 0 fully saturated rings. The van der Waals surface area contributed by atoms with Crippen molar-refractivity contribution in [1.29, 1.82) is 0 Å². The van der Waals surface area contributed by atoms with E-state index < -0.39 is 15.3 Å². The highest BCUT2D eigenvalue weighted by molar-refractivity contribution is 6.44. The fraction of sp³-hybridized carbons (Fsp3) is 0.812. The maximum atomic E-state index is 10.8. The van der Waals surface area contributed by atoms with Crippen molar-refractivity contribution < 1.29 is 23.1 Å². The third-order valence-electron chi connectivity index (χ3n) is 2.97. The SMILES string of the molecule is C=CC(=O)OCCOCCC[SiH](OCCCC)OCCCC. The number of hydrogen-bond acceptors (Lipinski definition) is 5. The highest BCUT2D eigenvalue weighted by atomic mass is 28.3. The lowest BCUT2D eigenvalue weighted by atomic mass is 10.4. The summed E-state index contributed by atoms with van der Waals surface area (Å²) < 4.78 is 22.0. The van der Waals surface area contributed by atoms with Gasteiger partial charge < -0.3 is 18.3 Å². The van der Waals surface area contributed by atoms with E-state index in [0.29, 0.717) is 13.2 Å². The molecule has 22 heavy (non-hydrogen) atoms. The fourth-order valence-corrected chi connectivity index (χ4v) is 3.44. The Labute approximate surface area is 136 Å². The smallest absolute Gasteiger partial charge is 0.330 e. The first kappa shape index (κ1) is 21.3. The zero-order chi connectivity index (χ0) is 16.5. The van der Waals surface area contributed by atoms with E-state index in [9.17, 15) is 4.79 Å². The van der Waals surface area contributed by atoms with E-state index in [1.807, 2.05) is 0 Å². The minimum absolute atomic E-state index is 0.270. The summed E-state index contributed by atoms with van der Waals surface area (Å²) in [6.45, 7) is 10.6. The zero-order valence-electron chi connectivity index (χ0n) is 14.2. The molecule has 0 saturated heterocycles. The van der Waals surface area contributed by atoms with Crippen molar-refractivity contribution in [1.82, 2.24) is 0 Å². The Morgan fingerprint density at radius 1 is 0.955 bits per heavy atom. The fourth-order valence-electron chi connectivity index (χ4n) is 1.65. The summed E-state index contributed by atoms with van der Waals surface area (Å²) in [5, 5.41) is 0. The number of carbonyl (C=O) groups excluding carboxylic acids is 1. The average Bonchev–Trinajstić information content (AvgIpc) is 2.53. The summed E-state index contributed by atoms with van der Waals surface area (Å²) in [4.78, 5) is 10.8. The summed E-state index contributed by atoms with van der Waals surface area (Å²) in [7, 11) is -1.56. The standard InChI is InChI=1S/C16H32O5Si/c1-4-7-11-20-22(21-12-8-5-2)15-9-10-18-13-14-19-16(17)6-3/h6,22H,3-5,7-15H2,1-2H3. The molecule has 0 heterocycles. The second-order valence-corrected chi connectivity index (χ2v) is 7.11. The Kier molecular flexibility index (Phi) is 16.1. The molecule has 6 heteroatoms. The van der Waals surface area contributed by atoms with Gasteiger partial charge in [-0.25, -0.2) is 4.79 Å². The van der Waals surface area contributed by atoms with Gasteiger partial charge in [-0.05, 0) is 25.3 Å². The van der Waals surface area contributed by atoms with Crippen LogP contribution in [0, 0.1) is 0 Å². The molecule has 0 unspecified atom stereocenters. The van der Waals surface area contributed by atoms with Crippen LogP contribution in [0.25, 0.3) is 0 Å². The van der Waals surface area contributed by atoms with Crippen molar-refractivity contribution in [3.8, 4) is 0 Å². The van der Waals surface area contributed by atoms with Crippen LogP contribution >= 0.6 is 0 Å². The van der Waals surface area contributed by atoms with Crippen LogP contribution in [0.3, 0.4) is 0 Å². The molecule has 0 aliphatic carbocycles. The first-order valence-electron chi connectivity index (χ1n) is 8.34. The molecule has 0 aliphatic rings. The van der Waals surface area contributed by atoms with E-state index in [0.717, 1.165) is 57.4 Å². The van der Waals surface area contributed by atoms with Crippen LogP contribution in [0.15, 0.2) is 12.7 Å². The van der Waals surface area contributed by atoms with Crippen LogP contribution in [0.4, 0.5) is 0 Å². The number of unbranched alkanes of at least 4 members (excludes halogenated alkanes) is 2. The van der Waals surface area contributed by atoms with Crippen molar-refractivity contribution >= 4 is 15.3 Å². The summed E-state index contributed by atoms with van der Waals surface area (Å²) in [5.74, 6) is -0.412. The minimum atomic E-state index is -1.56. The van der Waals surface area contributed by atoms with Gasteiger partial charge in [-0.2, -0.15) is 0 Å². The molecular formula is C16H32O5Si. The molecule has 0 aromatic heterocycles. The molecule has 0 aliphatic heterocycles. The highest BCUT2D eigenvalue weighted by Crippen LogP contribution is 2.05.